The summed E-state index contributed by atoms with van der Waals surface area (Å²) < 4.78 is 24.0. The van der Waals surface area contributed by atoms with Crippen molar-refractivity contribution in [1.29, 1.82) is 0 Å². The number of hydrogen-bond donors (Lipinski definition) is 5. The van der Waals surface area contributed by atoms with Crippen LogP contribution in [0.2, 0.25) is 0 Å². The summed E-state index contributed by atoms with van der Waals surface area (Å²) in [6.45, 7) is 3.86. The fourth-order valence-corrected chi connectivity index (χ4v) is 3.89. The van der Waals surface area contributed by atoms with Crippen LogP contribution in [0.25, 0.3) is 0 Å². The SMILES string of the molecule is CCC1CC(=O)NC(n2nc(C)cc2NC(=O)C(=O)NCCc2ccc(S(N)(=O)=O)cc2)N1. The second-order valence-corrected chi connectivity index (χ2v) is 9.27. The molecule has 1 aromatic carbocycles. The van der Waals surface area contributed by atoms with Crippen molar-refractivity contribution in [3.63, 3.8) is 0 Å². The van der Waals surface area contributed by atoms with E-state index in [-0.39, 0.29) is 29.2 Å². The largest absolute Gasteiger partial charge is 0.347 e. The standard InChI is InChI=1S/C20H27N7O5S/c1-3-14-11-17(28)25-20(23-14)27-16(10-12(2)26-27)24-19(30)18(29)22-9-8-13-4-6-15(7-5-13)33(21,31)32/h4-7,10,14,20,23H,3,8-9,11H2,1-2H3,(H,22,29)(H,24,30)(H,25,28)(H2,21,31,32). The van der Waals surface area contributed by atoms with Gasteiger partial charge in [-0.2, -0.15) is 5.10 Å². The first-order valence-electron chi connectivity index (χ1n) is 10.4. The van der Waals surface area contributed by atoms with Crippen molar-refractivity contribution in [2.75, 3.05) is 11.9 Å². The average Bonchev–Trinajstić information content (AvgIpc) is 3.12. The highest BCUT2D eigenvalue weighted by molar-refractivity contribution is 7.89. The number of amides is 3. The third-order valence-electron chi connectivity index (χ3n) is 5.12. The van der Waals surface area contributed by atoms with E-state index in [1.54, 1.807) is 25.1 Å². The van der Waals surface area contributed by atoms with Gasteiger partial charge in [-0.25, -0.2) is 18.2 Å². The van der Waals surface area contributed by atoms with Crippen molar-refractivity contribution in [2.24, 2.45) is 5.14 Å². The lowest BCUT2D eigenvalue weighted by molar-refractivity contribution is -0.136. The van der Waals surface area contributed by atoms with Gasteiger partial charge in [0.2, 0.25) is 15.9 Å². The lowest BCUT2D eigenvalue weighted by Crippen LogP contribution is -2.53. The highest BCUT2D eigenvalue weighted by Crippen LogP contribution is 2.18. The first-order chi connectivity index (χ1) is 15.6. The molecule has 1 aromatic heterocycles. The number of carbonyl (C=O) groups is 3. The Morgan fingerprint density at radius 1 is 1.24 bits per heavy atom. The third-order valence-corrected chi connectivity index (χ3v) is 6.05. The number of nitrogens with one attached hydrogen (secondary N) is 4. The molecular formula is C20H27N7O5S. The number of nitrogens with two attached hydrogens (primary N) is 1. The predicted molar refractivity (Wildman–Crippen MR) is 119 cm³/mol. The van der Waals surface area contributed by atoms with E-state index in [1.165, 1.54) is 16.8 Å². The molecule has 1 aliphatic rings. The molecule has 13 heteroatoms. The normalized spacial score (nSPS) is 18.5. The Balaban J connectivity index is 1.57. The van der Waals surface area contributed by atoms with Crippen LogP contribution in [-0.4, -0.2) is 48.5 Å². The molecular weight excluding hydrogens is 450 g/mol. The van der Waals surface area contributed by atoms with E-state index in [2.05, 4.69) is 26.4 Å². The van der Waals surface area contributed by atoms with E-state index >= 15 is 0 Å². The van der Waals surface area contributed by atoms with Gasteiger partial charge in [0.1, 0.15) is 5.82 Å². The quantitative estimate of drug-likeness (QED) is 0.333. The summed E-state index contributed by atoms with van der Waals surface area (Å²) in [7, 11) is -3.77. The molecule has 2 atom stereocenters. The number of sulfonamides is 1. The Kier molecular flexibility index (Phi) is 7.46. The molecule has 0 saturated carbocycles. The highest BCUT2D eigenvalue weighted by Gasteiger charge is 2.28. The number of carbonyl (C=O) groups excluding carboxylic acids is 3. The minimum Gasteiger partial charge on any atom is -0.347 e. The number of nitrogens with zero attached hydrogens (tertiary/aromatic N) is 2. The van der Waals surface area contributed by atoms with Gasteiger partial charge in [-0.3, -0.25) is 19.7 Å². The van der Waals surface area contributed by atoms with Gasteiger partial charge in [0.15, 0.2) is 6.29 Å². The van der Waals surface area contributed by atoms with Crippen LogP contribution in [0, 0.1) is 6.92 Å². The molecule has 0 aliphatic carbocycles. The van der Waals surface area contributed by atoms with E-state index in [1.807, 2.05) is 6.92 Å². The topological polar surface area (TPSA) is 177 Å². The summed E-state index contributed by atoms with van der Waals surface area (Å²) >= 11 is 0. The fraction of sp³-hybridized carbons (Fsp3) is 0.400. The Labute approximate surface area is 191 Å². The van der Waals surface area contributed by atoms with Gasteiger partial charge in [0.25, 0.3) is 0 Å². The predicted octanol–water partition coefficient (Wildman–Crippen LogP) is -0.519. The molecule has 0 spiro atoms. The zero-order valence-corrected chi connectivity index (χ0v) is 19.1. The molecule has 6 N–H and O–H groups in total. The first kappa shape index (κ1) is 24.4. The Bertz CT molecular complexity index is 1140. The molecule has 178 valence electrons. The van der Waals surface area contributed by atoms with E-state index in [9.17, 15) is 22.8 Å². The molecule has 2 unspecified atom stereocenters. The lowest BCUT2D eigenvalue weighted by Gasteiger charge is -2.31. The lowest BCUT2D eigenvalue weighted by atomic mass is 10.1. The average molecular weight is 478 g/mol. The minimum atomic E-state index is -3.77. The molecule has 3 amide bonds. The van der Waals surface area contributed by atoms with Gasteiger partial charge >= 0.3 is 11.8 Å². The maximum atomic E-state index is 12.4. The summed E-state index contributed by atoms with van der Waals surface area (Å²) in [4.78, 5) is 36.6. The van der Waals surface area contributed by atoms with Crippen molar-refractivity contribution in [1.82, 2.24) is 25.7 Å². The van der Waals surface area contributed by atoms with E-state index in [4.69, 9.17) is 5.14 Å². The highest BCUT2D eigenvalue weighted by atomic mass is 32.2. The zero-order valence-electron chi connectivity index (χ0n) is 18.3. The zero-order chi connectivity index (χ0) is 24.2. The first-order valence-corrected chi connectivity index (χ1v) is 11.9. The monoisotopic (exact) mass is 477 g/mol. The smallest absolute Gasteiger partial charge is 0.314 e. The summed E-state index contributed by atoms with van der Waals surface area (Å²) in [5.74, 6) is -1.59. The van der Waals surface area contributed by atoms with Gasteiger partial charge in [-0.1, -0.05) is 19.1 Å². The molecule has 1 saturated heterocycles. The molecule has 12 nitrogen and oxygen atoms in total. The number of anilines is 1. The molecule has 2 heterocycles. The number of benzene rings is 1. The Morgan fingerprint density at radius 2 is 1.94 bits per heavy atom. The summed E-state index contributed by atoms with van der Waals surface area (Å²) in [5.41, 5.74) is 1.37. The van der Waals surface area contributed by atoms with Gasteiger partial charge in [0.05, 0.1) is 10.6 Å². The van der Waals surface area contributed by atoms with Crippen molar-refractivity contribution in [2.45, 2.75) is 50.3 Å². The number of hydrogen-bond acceptors (Lipinski definition) is 7. The molecule has 0 radical (unpaired) electrons. The van der Waals surface area contributed by atoms with Crippen molar-refractivity contribution in [3.05, 3.63) is 41.6 Å². The van der Waals surface area contributed by atoms with Crippen molar-refractivity contribution >= 4 is 33.6 Å². The molecule has 2 aromatic rings. The number of primary sulfonamides is 1. The van der Waals surface area contributed by atoms with E-state index in [0.29, 0.717) is 18.5 Å². The van der Waals surface area contributed by atoms with Crippen LogP contribution in [0.4, 0.5) is 5.82 Å². The van der Waals surface area contributed by atoms with Crippen LogP contribution in [0.1, 0.15) is 37.3 Å². The second kappa shape index (κ2) is 10.1. The van der Waals surface area contributed by atoms with Crippen LogP contribution in [-0.2, 0) is 30.8 Å². The molecule has 1 aliphatic heterocycles. The maximum Gasteiger partial charge on any atom is 0.314 e. The molecule has 0 bridgehead atoms. The van der Waals surface area contributed by atoms with Gasteiger partial charge in [-0.05, 0) is 37.5 Å². The minimum absolute atomic E-state index is 0.00419. The number of aryl methyl sites for hydroxylation is 1. The Morgan fingerprint density at radius 3 is 2.58 bits per heavy atom. The van der Waals surface area contributed by atoms with Gasteiger partial charge < -0.3 is 16.0 Å². The molecule has 3 rings (SSSR count). The van der Waals surface area contributed by atoms with Crippen LogP contribution >= 0.6 is 0 Å². The molecule has 1 fully saturated rings. The van der Waals surface area contributed by atoms with Crippen LogP contribution in [0.15, 0.2) is 35.2 Å². The van der Waals surface area contributed by atoms with Gasteiger partial charge in [0, 0.05) is 25.1 Å². The van der Waals surface area contributed by atoms with Crippen LogP contribution in [0.3, 0.4) is 0 Å². The Hall–Kier alpha value is -3.29. The summed E-state index contributed by atoms with van der Waals surface area (Å²) in [6.07, 6.45) is 0.835. The third kappa shape index (κ3) is 6.37. The maximum absolute atomic E-state index is 12.4. The molecule has 33 heavy (non-hydrogen) atoms. The number of rotatable bonds is 7. The van der Waals surface area contributed by atoms with Gasteiger partial charge in [-0.15, -0.1) is 0 Å². The van der Waals surface area contributed by atoms with Crippen molar-refractivity contribution < 1.29 is 22.8 Å². The van der Waals surface area contributed by atoms with E-state index in [0.717, 1.165) is 12.0 Å². The van der Waals surface area contributed by atoms with Crippen molar-refractivity contribution in [3.8, 4) is 0 Å². The number of aromatic nitrogens is 2. The summed E-state index contributed by atoms with van der Waals surface area (Å²) in [6, 6.07) is 7.50. The van der Waals surface area contributed by atoms with Crippen LogP contribution in [0.5, 0.6) is 0 Å². The second-order valence-electron chi connectivity index (χ2n) is 7.71. The summed E-state index contributed by atoms with van der Waals surface area (Å²) in [5, 5.41) is 20.4. The van der Waals surface area contributed by atoms with Crippen LogP contribution < -0.4 is 26.4 Å². The fourth-order valence-electron chi connectivity index (χ4n) is 3.38. The van der Waals surface area contributed by atoms with E-state index < -0.39 is 28.1 Å².